The lowest BCUT2D eigenvalue weighted by Gasteiger charge is -2.67. The van der Waals surface area contributed by atoms with Crippen molar-refractivity contribution in [2.45, 2.75) is 131 Å². The van der Waals surface area contributed by atoms with E-state index in [0.717, 1.165) is 66.9 Å². The monoisotopic (exact) mass is 714 g/mol. The van der Waals surface area contributed by atoms with Gasteiger partial charge in [0.2, 0.25) is 0 Å². The second-order valence-corrected chi connectivity index (χ2v) is 17.8. The zero-order valence-corrected chi connectivity index (χ0v) is 28.8. The van der Waals surface area contributed by atoms with Crippen molar-refractivity contribution in [1.29, 1.82) is 0 Å². The van der Waals surface area contributed by atoms with Crippen LogP contribution in [0, 0.1) is 17.0 Å². The van der Waals surface area contributed by atoms with Crippen molar-refractivity contribution in [3.63, 3.8) is 0 Å². The highest BCUT2D eigenvalue weighted by Crippen LogP contribution is 2.67. The standard InChI is InChI=1S/C20H23NO5.C20H23NO4.CH4/c22-13-4-3-12-9-15-20(24)6-5-14(23)18-19(20,16(12)17(13)26-18)7-8-21(15,25)10-11-1-2-11;22-13-4-3-12-9-15-20(24)6-5-14(23)18-19(20,16(12)17(13)25-18)7-8-21(15)10-11-1-2-11;/h3-4,11,15,18,22,24H,1-2,5-10H2;3-4,11,15,18,22,24H,1-2,5-10H2;1H4/t15-,18+,19+,20-,21?;15-,18+,19+,20-;/m11./s1. The lowest BCUT2D eigenvalue weighted by molar-refractivity contribution is -0.923. The van der Waals surface area contributed by atoms with Crippen molar-refractivity contribution in [3.8, 4) is 23.0 Å². The van der Waals surface area contributed by atoms with Gasteiger partial charge in [-0.3, -0.25) is 14.5 Å². The van der Waals surface area contributed by atoms with E-state index in [4.69, 9.17) is 9.47 Å². The van der Waals surface area contributed by atoms with Crippen molar-refractivity contribution in [3.05, 3.63) is 51.7 Å². The number of hydrogen-bond acceptors (Lipinski definition) is 10. The fourth-order valence-corrected chi connectivity index (χ4v) is 12.8. The number of aliphatic hydroxyl groups is 2. The summed E-state index contributed by atoms with van der Waals surface area (Å²) < 4.78 is 11.7. The number of likely N-dealkylation sites (tertiary alicyclic amines) is 2. The van der Waals surface area contributed by atoms with E-state index < -0.39 is 40.3 Å². The van der Waals surface area contributed by atoms with Crippen LogP contribution in [-0.4, -0.2) is 103 Å². The number of hydroxylamine groups is 3. The molecular formula is C41H50N2O9. The Morgan fingerprint density at radius 2 is 1.33 bits per heavy atom. The second kappa shape index (κ2) is 10.5. The molecule has 2 spiro atoms. The quantitative estimate of drug-likeness (QED) is 0.272. The lowest BCUT2D eigenvalue weighted by atomic mass is 9.49. The smallest absolute Gasteiger partial charge is 0.174 e. The molecule has 6 fully saturated rings. The van der Waals surface area contributed by atoms with Crippen LogP contribution >= 0.6 is 0 Å². The maximum Gasteiger partial charge on any atom is 0.174 e. The number of nitrogens with zero attached hydrogens (tertiary/aromatic N) is 2. The summed E-state index contributed by atoms with van der Waals surface area (Å²) in [6.07, 6.45) is 7.24. The number of Topliss-reactive ketones (excluding diaryl/α,β-unsaturated/α-hetero) is 2. The Morgan fingerprint density at radius 1 is 0.769 bits per heavy atom. The average molecular weight is 715 g/mol. The highest BCUT2D eigenvalue weighted by atomic mass is 16.6. The van der Waals surface area contributed by atoms with Crippen molar-refractivity contribution in [2.75, 3.05) is 26.2 Å². The van der Waals surface area contributed by atoms with Gasteiger partial charge >= 0.3 is 0 Å². The number of phenols is 2. The van der Waals surface area contributed by atoms with Gasteiger partial charge in [-0.2, -0.15) is 0 Å². The molecule has 0 radical (unpaired) electrons. The van der Waals surface area contributed by atoms with Gasteiger partial charge in [0.05, 0.1) is 29.5 Å². The number of rotatable bonds is 4. The minimum Gasteiger partial charge on any atom is -0.632 e. The molecule has 4 heterocycles. The van der Waals surface area contributed by atoms with Crippen LogP contribution in [0.1, 0.15) is 93.9 Å². The zero-order valence-electron chi connectivity index (χ0n) is 28.8. The van der Waals surface area contributed by atoms with Crippen LogP contribution in [-0.2, 0) is 33.3 Å². The third-order valence-electron chi connectivity index (χ3n) is 15.4. The van der Waals surface area contributed by atoms with Gasteiger partial charge in [0.15, 0.2) is 46.8 Å². The number of hydrogen-bond donors (Lipinski definition) is 4. The van der Waals surface area contributed by atoms with E-state index >= 15 is 0 Å². The molecule has 0 amide bonds. The van der Waals surface area contributed by atoms with Gasteiger partial charge in [0, 0.05) is 55.3 Å². The molecular weight excluding hydrogens is 664 g/mol. The van der Waals surface area contributed by atoms with Gasteiger partial charge in [-0.25, -0.2) is 0 Å². The van der Waals surface area contributed by atoms with Gasteiger partial charge < -0.3 is 39.8 Å². The average Bonchev–Trinajstić information content (AvgIpc) is 4.03. The molecule has 4 aliphatic heterocycles. The molecule has 0 aromatic heterocycles. The Morgan fingerprint density at radius 3 is 1.92 bits per heavy atom. The van der Waals surface area contributed by atoms with Crippen molar-refractivity contribution in [1.82, 2.24) is 4.90 Å². The minimum absolute atomic E-state index is 0. The number of quaternary nitrogens is 1. The third-order valence-corrected chi connectivity index (χ3v) is 15.4. The van der Waals surface area contributed by atoms with E-state index in [2.05, 4.69) is 4.90 Å². The number of carbonyl (C=O) groups is 2. The van der Waals surface area contributed by atoms with E-state index in [1.54, 1.807) is 12.1 Å². The molecule has 11 nitrogen and oxygen atoms in total. The Balaban J connectivity index is 0.000000128. The Bertz CT molecular complexity index is 1930. The molecule has 278 valence electrons. The molecule has 4 saturated carbocycles. The molecule has 52 heavy (non-hydrogen) atoms. The highest BCUT2D eigenvalue weighted by molar-refractivity contribution is 5.91. The summed E-state index contributed by atoms with van der Waals surface area (Å²) in [7, 11) is 0. The molecule has 1 unspecified atom stereocenters. The Kier molecular flexibility index (Phi) is 6.74. The molecule has 2 aromatic carbocycles. The number of ketones is 2. The first-order valence-electron chi connectivity index (χ1n) is 19.3. The van der Waals surface area contributed by atoms with Crippen LogP contribution in [0.3, 0.4) is 0 Å². The van der Waals surface area contributed by atoms with E-state index in [0.29, 0.717) is 62.6 Å². The maximum atomic E-state index is 13.9. The number of piperidine rings is 2. The molecule has 2 saturated heterocycles. The summed E-state index contributed by atoms with van der Waals surface area (Å²) in [5.74, 6) is 2.22. The highest BCUT2D eigenvalue weighted by Gasteiger charge is 2.76. The summed E-state index contributed by atoms with van der Waals surface area (Å²) >= 11 is 0. The van der Waals surface area contributed by atoms with E-state index in [9.17, 15) is 35.2 Å². The molecule has 4 N–H and O–H groups in total. The van der Waals surface area contributed by atoms with Gasteiger partial charge in [0.1, 0.15) is 11.6 Å². The first-order valence-corrected chi connectivity index (χ1v) is 19.3. The Labute approximate surface area is 303 Å². The molecule has 4 bridgehead atoms. The number of phenolic OH excluding ortho intramolecular Hbond substituents is 2. The first kappa shape index (κ1) is 33.4. The van der Waals surface area contributed by atoms with Crippen LogP contribution in [0.4, 0.5) is 0 Å². The van der Waals surface area contributed by atoms with Crippen molar-refractivity contribution in [2.24, 2.45) is 11.8 Å². The van der Waals surface area contributed by atoms with Crippen LogP contribution in [0.25, 0.3) is 0 Å². The minimum atomic E-state index is -1.24. The fraction of sp³-hybridized carbons (Fsp3) is 0.659. The Hall–Kier alpha value is -3.22. The van der Waals surface area contributed by atoms with E-state index in [1.165, 1.54) is 12.8 Å². The molecule has 9 atom stereocenters. The number of carbonyl (C=O) groups excluding carboxylic acids is 2. The maximum absolute atomic E-state index is 13.9. The van der Waals surface area contributed by atoms with Crippen LogP contribution in [0.2, 0.25) is 0 Å². The molecule has 6 aliphatic carbocycles. The zero-order chi connectivity index (χ0) is 34.9. The summed E-state index contributed by atoms with van der Waals surface area (Å²) in [5, 5.41) is 58.4. The van der Waals surface area contributed by atoms with Crippen LogP contribution < -0.4 is 9.47 Å². The van der Waals surface area contributed by atoms with Crippen LogP contribution in [0.15, 0.2) is 24.3 Å². The third kappa shape index (κ3) is 3.89. The molecule has 11 heteroatoms. The van der Waals surface area contributed by atoms with Gasteiger partial charge in [0.25, 0.3) is 0 Å². The van der Waals surface area contributed by atoms with Crippen molar-refractivity contribution >= 4 is 11.6 Å². The SMILES string of the molecule is C.O=C1CC[C@@]2(O)[C@H]3Cc4ccc(O)c5c4[C@@]2(CCN3CC2CC2)[C@H]1O5.O=C1CC[C@@]2(O)[C@H]3Cc4ccc(O)c5c4[C@@]2(CC[N+]3([O-])CC2CC2)[C@H]1O5. The lowest BCUT2D eigenvalue weighted by Crippen LogP contribution is -2.80. The molecule has 2 aromatic rings. The summed E-state index contributed by atoms with van der Waals surface area (Å²) in [6, 6.07) is 6.67. The number of aromatic hydroxyl groups is 2. The molecule has 10 aliphatic rings. The van der Waals surface area contributed by atoms with Gasteiger partial charge in [-0.1, -0.05) is 19.6 Å². The first-order chi connectivity index (χ1) is 24.4. The fourth-order valence-electron chi connectivity index (χ4n) is 12.8. The summed E-state index contributed by atoms with van der Waals surface area (Å²) in [5.41, 5.74) is 0.0946. The van der Waals surface area contributed by atoms with Gasteiger partial charge in [-0.15, -0.1) is 0 Å². The molecule has 12 rings (SSSR count). The van der Waals surface area contributed by atoms with E-state index in [1.807, 2.05) is 12.1 Å². The topological polar surface area (TPSA) is 160 Å². The second-order valence-electron chi connectivity index (χ2n) is 17.8. The summed E-state index contributed by atoms with van der Waals surface area (Å²) in [4.78, 5) is 27.9. The summed E-state index contributed by atoms with van der Waals surface area (Å²) in [6.45, 7) is 2.93. The predicted octanol–water partition coefficient (Wildman–Crippen LogP) is 3.70. The van der Waals surface area contributed by atoms with E-state index in [-0.39, 0.29) is 47.6 Å². The van der Waals surface area contributed by atoms with Crippen LogP contribution in [0.5, 0.6) is 23.0 Å². The van der Waals surface area contributed by atoms with Gasteiger partial charge in [-0.05, 0) is 87.1 Å². The normalized spacial score (nSPS) is 42.5. The van der Waals surface area contributed by atoms with Crippen molar-refractivity contribution < 1.29 is 44.1 Å². The largest absolute Gasteiger partial charge is 0.632 e. The predicted molar refractivity (Wildman–Crippen MR) is 188 cm³/mol. The number of ether oxygens (including phenoxy) is 2. The number of benzene rings is 2.